The van der Waals surface area contributed by atoms with Crippen LogP contribution in [-0.4, -0.2) is 63.3 Å². The third-order valence-corrected chi connectivity index (χ3v) is 30.3. The van der Waals surface area contributed by atoms with Crippen LogP contribution in [0.15, 0.2) is 109 Å². The van der Waals surface area contributed by atoms with E-state index in [1.807, 2.05) is 84.9 Å². The van der Waals surface area contributed by atoms with Crippen molar-refractivity contribution in [1.82, 2.24) is 0 Å². The van der Waals surface area contributed by atoms with Crippen LogP contribution in [0, 0.1) is 0 Å². The molecule has 0 saturated carbocycles. The second kappa shape index (κ2) is 62.2. The Bertz CT molecular complexity index is 4710. The van der Waals surface area contributed by atoms with E-state index in [1.165, 1.54) is 364 Å². The molecule has 0 unspecified atom stereocenters. The van der Waals surface area contributed by atoms with E-state index in [1.54, 1.807) is 0 Å². The van der Waals surface area contributed by atoms with Gasteiger partial charge in [0, 0.05) is 55.6 Å². The van der Waals surface area contributed by atoms with E-state index in [2.05, 4.69) is 65.8 Å². The van der Waals surface area contributed by atoms with Crippen LogP contribution in [0.25, 0.3) is 43.1 Å². The fourth-order valence-corrected chi connectivity index (χ4v) is 22.4. The summed E-state index contributed by atoms with van der Waals surface area (Å²) in [7, 11) is 0. The minimum Gasteiger partial charge on any atom is -0.491 e. The maximum atomic E-state index is 16.9. The SMILES string of the molecule is CCCCCCCCCCCCc1cc(N2C(=O)c3ccc4c5c6cc7c8c(ccc(c9c(cc(c3c49)C2=O)Oc2cccc(c2)OCCOCCOCCOc2cccc(c2)O6)c85)C(=O)N(c2cc(CCCCCCCCCCCC)c(CCCCCCCCCCCC)c(CCCCCCCCCCCC)c2)C7=O)cc(CCCCCCCCCCCC)c1CCCCCCCCCCCC. The molecule has 4 amide bonds. The zero-order chi connectivity index (χ0) is 96.4. The molecule has 4 aliphatic heterocycles. The number of hydrogen-bond acceptors (Lipinski definition) is 10. The van der Waals surface area contributed by atoms with Crippen LogP contribution in [0.2, 0.25) is 0 Å². The van der Waals surface area contributed by atoms with Crippen molar-refractivity contribution in [1.29, 1.82) is 0 Å². The van der Waals surface area contributed by atoms with E-state index < -0.39 is 11.8 Å². The van der Waals surface area contributed by atoms with Crippen LogP contribution in [0.4, 0.5) is 11.4 Å². The van der Waals surface area contributed by atoms with Crippen LogP contribution in [-0.2, 0) is 48.0 Å². The molecule has 4 heterocycles. The molecule has 0 saturated heterocycles. The normalized spacial score (nSPS) is 13.8. The molecule has 0 atom stereocenters. The molecular weight excluding hydrogens is 1700 g/mol. The fraction of sp³-hybridized carbons (Fsp3) is 0.619. The zero-order valence-electron chi connectivity index (χ0n) is 87.3. The Morgan fingerprint density at radius 1 is 0.217 bits per heavy atom. The first kappa shape index (κ1) is 109. The van der Waals surface area contributed by atoms with E-state index >= 15 is 19.2 Å². The monoisotopic (exact) mass is 1880 g/mol. The first-order chi connectivity index (χ1) is 68.1. The van der Waals surface area contributed by atoms with E-state index in [-0.39, 0.29) is 25.0 Å². The first-order valence-electron chi connectivity index (χ1n) is 57.4. The summed E-state index contributed by atoms with van der Waals surface area (Å²) >= 11 is 0. The number of fused-ring (bicyclic) bond motifs is 9. The van der Waals surface area contributed by atoms with Crippen molar-refractivity contribution >= 4 is 78.1 Å². The topological polar surface area (TPSA) is 130 Å². The quantitative estimate of drug-likeness (QED) is 0.0119. The number of imide groups is 2. The molecule has 12 heteroatoms. The van der Waals surface area contributed by atoms with E-state index in [9.17, 15) is 0 Å². The summed E-state index contributed by atoms with van der Waals surface area (Å²) < 4.78 is 39.8. The Labute approximate surface area is 834 Å². The third kappa shape index (κ3) is 32.6. The van der Waals surface area contributed by atoms with Crippen LogP contribution < -0.4 is 28.7 Å². The van der Waals surface area contributed by atoms with E-state index in [4.69, 9.17) is 28.4 Å². The predicted octanol–water partition coefficient (Wildman–Crippen LogP) is 37.5. The average molecular weight is 1880 g/mol. The molecular formula is C126H180N2O10. The average Bonchev–Trinajstić information content (AvgIpc) is 0.677. The maximum Gasteiger partial charge on any atom is 0.266 e. The number of ether oxygens (including phenoxy) is 6. The Balaban J connectivity index is 0.988. The maximum absolute atomic E-state index is 16.9. The van der Waals surface area contributed by atoms with Gasteiger partial charge >= 0.3 is 0 Å². The van der Waals surface area contributed by atoms with Crippen LogP contribution in [0.1, 0.15) is 502 Å². The standard InChI is InChI=1S/C126H180N2O10/c1-7-13-19-25-31-37-43-49-55-61-69-97-89-101(90-98(70-62-56-50-44-38-32-26-20-14-8-2)107(97)77-65-59-53-47-41-35-29-23-17-11-5)127-123(129)111-81-79-109-120-116-96-114-118-112(82-80-110(122(118)120)119-115(95-113(125(127)131)117(111)121(109)119)137-105-75-67-73-103(93-105)135-87-85-133-83-84-134-86-88-136-104-74-68-76-106(94-104)138-116)124(130)128(126(114)132)102-91-99(71-63-57-51-45-39-33-27-21-15-9-3)108(78-66-60-54-48-42-36-30-24-18-12-6)100(92-102)72-64-58-52-46-40-34-28-22-16-10-4/h67-68,73-76,79-82,89-96H,7-66,69-72,77-78,83-88H2,1-6H3. The lowest BCUT2D eigenvalue weighted by atomic mass is 9.81. The number of unbranched alkanes of at least 4 members (excludes halogenated alkanes) is 54. The van der Waals surface area contributed by atoms with Crippen LogP contribution >= 0.6 is 0 Å². The lowest BCUT2D eigenvalue weighted by Crippen LogP contribution is -2.41. The van der Waals surface area contributed by atoms with Crippen molar-refractivity contribution in [2.24, 2.45) is 0 Å². The molecule has 0 N–H and O–H groups in total. The third-order valence-electron chi connectivity index (χ3n) is 30.3. The molecule has 0 radical (unpaired) electrons. The van der Waals surface area contributed by atoms with Gasteiger partial charge in [-0.25, -0.2) is 9.80 Å². The van der Waals surface area contributed by atoms with Crippen molar-refractivity contribution in [3.63, 3.8) is 0 Å². The zero-order valence-corrected chi connectivity index (χ0v) is 87.3. The summed E-state index contributed by atoms with van der Waals surface area (Å²) in [4.78, 5) is 70.1. The Hall–Kier alpha value is -8.32. The number of hydrogen-bond donors (Lipinski definition) is 0. The molecule has 4 aliphatic rings. The van der Waals surface area contributed by atoms with Gasteiger partial charge < -0.3 is 28.4 Å². The Morgan fingerprint density at radius 2 is 0.449 bits per heavy atom. The summed E-state index contributed by atoms with van der Waals surface area (Å²) in [5.41, 5.74) is 10.7. The molecule has 0 fully saturated rings. The molecule has 9 aromatic rings. The molecule has 754 valence electrons. The highest BCUT2D eigenvalue weighted by atomic mass is 16.6. The summed E-state index contributed by atoms with van der Waals surface area (Å²) in [5, 5.41) is 4.95. The van der Waals surface area contributed by atoms with Crippen LogP contribution in [0.5, 0.6) is 34.5 Å². The van der Waals surface area contributed by atoms with Crippen LogP contribution in [0.3, 0.4) is 0 Å². The number of anilines is 2. The highest BCUT2D eigenvalue weighted by molar-refractivity contribution is 6.46. The Kier molecular flexibility index (Phi) is 48.9. The number of nitrogens with zero attached hydrogens (tertiary/aromatic N) is 2. The van der Waals surface area contributed by atoms with Gasteiger partial charge in [0.1, 0.15) is 47.7 Å². The van der Waals surface area contributed by atoms with Gasteiger partial charge in [-0.15, -0.1) is 0 Å². The Morgan fingerprint density at radius 3 is 0.717 bits per heavy atom. The molecule has 12 nitrogen and oxygen atoms in total. The molecule has 0 spiro atoms. The molecule has 9 aromatic carbocycles. The van der Waals surface area contributed by atoms with Gasteiger partial charge in [-0.05, 0) is 194 Å². The van der Waals surface area contributed by atoms with Gasteiger partial charge in [0.05, 0.1) is 48.9 Å². The number of carbonyl (C=O) groups is 4. The van der Waals surface area contributed by atoms with Gasteiger partial charge in [-0.1, -0.05) is 413 Å². The van der Waals surface area contributed by atoms with Crippen molar-refractivity contribution in [3.8, 4) is 34.5 Å². The van der Waals surface area contributed by atoms with Crippen molar-refractivity contribution in [3.05, 3.63) is 165 Å². The molecule has 0 aliphatic carbocycles. The van der Waals surface area contributed by atoms with Gasteiger partial charge in [0.25, 0.3) is 23.6 Å². The fourth-order valence-electron chi connectivity index (χ4n) is 22.4. The van der Waals surface area contributed by atoms with Crippen molar-refractivity contribution in [2.75, 3.05) is 49.4 Å². The molecule has 0 aromatic heterocycles. The summed E-state index contributed by atoms with van der Waals surface area (Å²) in [5.74, 6) is 1.24. The van der Waals surface area contributed by atoms with Gasteiger partial charge in [-0.2, -0.15) is 0 Å². The van der Waals surface area contributed by atoms with Gasteiger partial charge in [0.2, 0.25) is 0 Å². The van der Waals surface area contributed by atoms with E-state index in [0.717, 1.165) is 103 Å². The van der Waals surface area contributed by atoms with Crippen molar-refractivity contribution < 1.29 is 47.6 Å². The molecule has 10 bridgehead atoms. The summed E-state index contributed by atoms with van der Waals surface area (Å²) in [6, 6.07) is 35.8. The number of aryl methyl sites for hydroxylation is 4. The van der Waals surface area contributed by atoms with Crippen molar-refractivity contribution in [2.45, 2.75) is 465 Å². The first-order valence-corrected chi connectivity index (χ1v) is 57.4. The lowest BCUT2D eigenvalue weighted by Gasteiger charge is -2.32. The smallest absolute Gasteiger partial charge is 0.266 e. The van der Waals surface area contributed by atoms with Gasteiger partial charge in [0.15, 0.2) is 0 Å². The highest BCUT2D eigenvalue weighted by Crippen LogP contribution is 2.54. The van der Waals surface area contributed by atoms with Gasteiger partial charge in [-0.3, -0.25) is 19.2 Å². The second-order valence-corrected chi connectivity index (χ2v) is 41.5. The summed E-state index contributed by atoms with van der Waals surface area (Å²) in [6.45, 7) is 15.7. The summed E-state index contributed by atoms with van der Waals surface area (Å²) in [6.07, 6.45) is 80.7. The largest absolute Gasteiger partial charge is 0.491 e. The number of benzene rings is 9. The number of amides is 4. The predicted molar refractivity (Wildman–Crippen MR) is 582 cm³/mol. The minimum absolute atomic E-state index is 0.273. The molecule has 13 rings (SSSR count). The van der Waals surface area contributed by atoms with E-state index in [0.29, 0.717) is 138 Å². The highest BCUT2D eigenvalue weighted by Gasteiger charge is 2.41. The number of rotatable bonds is 68. The second-order valence-electron chi connectivity index (χ2n) is 41.5. The minimum atomic E-state index is -0.417. The number of carbonyl (C=O) groups excluding carboxylic acids is 4. The molecule has 138 heavy (non-hydrogen) atoms. The lowest BCUT2D eigenvalue weighted by molar-refractivity contribution is 0.0273.